The van der Waals surface area contributed by atoms with Crippen LogP contribution >= 0.6 is 0 Å². The highest BCUT2D eigenvalue weighted by Gasteiger charge is 2.18. The molecule has 2 aromatic carbocycles. The standard InChI is InChI=1S/C19H16FNO4/c1-21(11-12-7-8-17(24-2)15(20)9-12)18(22)14-10-13-5-3-4-6-16(13)25-19(14)23/h3-10H,11H2,1-2H3. The predicted molar refractivity (Wildman–Crippen MR) is 91.2 cm³/mol. The lowest BCUT2D eigenvalue weighted by molar-refractivity contribution is 0.0781. The Balaban J connectivity index is 1.86. The molecule has 25 heavy (non-hydrogen) atoms. The zero-order valence-corrected chi connectivity index (χ0v) is 13.8. The molecule has 1 aromatic heterocycles. The molecule has 0 aliphatic rings. The number of benzene rings is 2. The van der Waals surface area contributed by atoms with E-state index in [0.717, 1.165) is 0 Å². The van der Waals surface area contributed by atoms with Crippen LogP contribution in [0.4, 0.5) is 4.39 Å². The van der Waals surface area contributed by atoms with Gasteiger partial charge in [0.25, 0.3) is 5.91 Å². The lowest BCUT2D eigenvalue weighted by Crippen LogP contribution is -2.30. The van der Waals surface area contributed by atoms with Crippen LogP contribution in [0, 0.1) is 5.82 Å². The van der Waals surface area contributed by atoms with Crippen molar-refractivity contribution in [3.05, 3.63) is 75.9 Å². The minimum Gasteiger partial charge on any atom is -0.494 e. The summed E-state index contributed by atoms with van der Waals surface area (Å²) in [7, 11) is 2.92. The Morgan fingerprint density at radius 1 is 1.20 bits per heavy atom. The van der Waals surface area contributed by atoms with Crippen molar-refractivity contribution in [3.63, 3.8) is 0 Å². The number of carbonyl (C=O) groups excluding carboxylic acids is 1. The van der Waals surface area contributed by atoms with Gasteiger partial charge in [-0.1, -0.05) is 24.3 Å². The number of hydrogen-bond donors (Lipinski definition) is 0. The van der Waals surface area contributed by atoms with Crippen molar-refractivity contribution in [1.29, 1.82) is 0 Å². The van der Waals surface area contributed by atoms with Crippen LogP contribution in [0.3, 0.4) is 0 Å². The van der Waals surface area contributed by atoms with Crippen molar-refractivity contribution >= 4 is 16.9 Å². The molecular formula is C19H16FNO4. The van der Waals surface area contributed by atoms with E-state index in [0.29, 0.717) is 16.5 Å². The quantitative estimate of drug-likeness (QED) is 0.684. The molecule has 0 unspecified atom stereocenters. The minimum atomic E-state index is -0.698. The first-order chi connectivity index (χ1) is 12.0. The number of nitrogens with zero attached hydrogens (tertiary/aromatic N) is 1. The van der Waals surface area contributed by atoms with E-state index in [1.807, 2.05) is 0 Å². The SMILES string of the molecule is COc1ccc(CN(C)C(=O)c2cc3ccccc3oc2=O)cc1F. The molecule has 1 heterocycles. The van der Waals surface area contributed by atoms with Crippen molar-refractivity contribution in [3.8, 4) is 5.75 Å². The number of rotatable bonds is 4. The first-order valence-electron chi connectivity index (χ1n) is 7.60. The fourth-order valence-electron chi connectivity index (χ4n) is 2.57. The van der Waals surface area contributed by atoms with E-state index in [4.69, 9.17) is 9.15 Å². The van der Waals surface area contributed by atoms with Gasteiger partial charge in [-0.15, -0.1) is 0 Å². The normalized spacial score (nSPS) is 10.7. The molecule has 0 N–H and O–H groups in total. The second-order valence-electron chi connectivity index (χ2n) is 5.62. The van der Waals surface area contributed by atoms with Crippen LogP contribution in [0.2, 0.25) is 0 Å². The largest absolute Gasteiger partial charge is 0.494 e. The van der Waals surface area contributed by atoms with Crippen LogP contribution in [0.1, 0.15) is 15.9 Å². The van der Waals surface area contributed by atoms with E-state index in [1.165, 1.54) is 30.2 Å². The predicted octanol–water partition coefficient (Wildman–Crippen LogP) is 3.21. The summed E-state index contributed by atoms with van der Waals surface area (Å²) in [5, 5.41) is 0.661. The maximum Gasteiger partial charge on any atom is 0.349 e. The van der Waals surface area contributed by atoms with Gasteiger partial charge in [0, 0.05) is 19.0 Å². The first-order valence-corrected chi connectivity index (χ1v) is 7.60. The number of para-hydroxylation sites is 1. The Labute approximate surface area is 143 Å². The Morgan fingerprint density at radius 3 is 2.68 bits per heavy atom. The number of carbonyl (C=O) groups is 1. The lowest BCUT2D eigenvalue weighted by atomic mass is 10.1. The molecule has 0 radical (unpaired) electrons. The van der Waals surface area contributed by atoms with E-state index in [1.54, 1.807) is 37.4 Å². The Hall–Kier alpha value is -3.15. The van der Waals surface area contributed by atoms with Crippen LogP contribution < -0.4 is 10.4 Å². The average molecular weight is 341 g/mol. The summed E-state index contributed by atoms with van der Waals surface area (Å²) in [6.45, 7) is 0.145. The molecule has 0 atom stereocenters. The van der Waals surface area contributed by atoms with Gasteiger partial charge in [0.2, 0.25) is 0 Å². The highest BCUT2D eigenvalue weighted by atomic mass is 19.1. The molecule has 0 saturated carbocycles. The number of amides is 1. The van der Waals surface area contributed by atoms with Crippen molar-refractivity contribution in [2.24, 2.45) is 0 Å². The molecule has 1 amide bonds. The lowest BCUT2D eigenvalue weighted by Gasteiger charge is -2.17. The zero-order chi connectivity index (χ0) is 18.0. The van der Waals surface area contributed by atoms with Crippen molar-refractivity contribution in [2.45, 2.75) is 6.54 Å². The van der Waals surface area contributed by atoms with Crippen molar-refractivity contribution < 1.29 is 18.3 Å². The molecule has 0 bridgehead atoms. The van der Waals surface area contributed by atoms with E-state index in [9.17, 15) is 14.0 Å². The van der Waals surface area contributed by atoms with Gasteiger partial charge in [0.05, 0.1) is 7.11 Å². The molecule has 0 aliphatic carbocycles. The monoisotopic (exact) mass is 341 g/mol. The molecular weight excluding hydrogens is 325 g/mol. The number of halogens is 1. The molecule has 5 nitrogen and oxygen atoms in total. The number of fused-ring (bicyclic) bond motifs is 1. The maximum atomic E-state index is 13.8. The van der Waals surface area contributed by atoms with Crippen LogP contribution in [-0.4, -0.2) is 25.0 Å². The zero-order valence-electron chi connectivity index (χ0n) is 13.8. The Morgan fingerprint density at radius 2 is 1.96 bits per heavy atom. The number of ether oxygens (including phenoxy) is 1. The van der Waals surface area contributed by atoms with Gasteiger partial charge < -0.3 is 14.1 Å². The molecule has 0 aliphatic heterocycles. The van der Waals surface area contributed by atoms with E-state index < -0.39 is 17.3 Å². The van der Waals surface area contributed by atoms with Gasteiger partial charge in [0.1, 0.15) is 11.1 Å². The highest BCUT2D eigenvalue weighted by Crippen LogP contribution is 2.19. The average Bonchev–Trinajstić information content (AvgIpc) is 2.60. The molecule has 0 spiro atoms. The minimum absolute atomic E-state index is 0.0600. The molecule has 0 fully saturated rings. The van der Waals surface area contributed by atoms with Crippen LogP contribution in [0.5, 0.6) is 5.75 Å². The summed E-state index contributed by atoms with van der Waals surface area (Å²) in [5.41, 5.74) is 0.245. The number of methoxy groups -OCH3 is 1. The summed E-state index contributed by atoms with van der Waals surface area (Å²) in [6, 6.07) is 12.9. The van der Waals surface area contributed by atoms with E-state index in [2.05, 4.69) is 0 Å². The maximum absolute atomic E-state index is 13.8. The smallest absolute Gasteiger partial charge is 0.349 e. The molecule has 0 saturated heterocycles. The summed E-state index contributed by atoms with van der Waals surface area (Å²) in [4.78, 5) is 26.0. The van der Waals surface area contributed by atoms with Crippen LogP contribution in [0.25, 0.3) is 11.0 Å². The molecule has 3 rings (SSSR count). The summed E-state index contributed by atoms with van der Waals surface area (Å²) >= 11 is 0. The van der Waals surface area contributed by atoms with Gasteiger partial charge in [0.15, 0.2) is 11.6 Å². The first kappa shape index (κ1) is 16.7. The van der Waals surface area contributed by atoms with Gasteiger partial charge in [-0.3, -0.25) is 4.79 Å². The Bertz CT molecular complexity index is 996. The van der Waals surface area contributed by atoms with Gasteiger partial charge >= 0.3 is 5.63 Å². The van der Waals surface area contributed by atoms with Crippen molar-refractivity contribution in [2.75, 3.05) is 14.2 Å². The van der Waals surface area contributed by atoms with Crippen molar-refractivity contribution in [1.82, 2.24) is 4.90 Å². The molecule has 6 heteroatoms. The highest BCUT2D eigenvalue weighted by molar-refractivity contribution is 5.96. The van der Waals surface area contributed by atoms with E-state index >= 15 is 0 Å². The van der Waals surface area contributed by atoms with Gasteiger partial charge in [-0.25, -0.2) is 9.18 Å². The van der Waals surface area contributed by atoms with Gasteiger partial charge in [-0.2, -0.15) is 0 Å². The molecule has 128 valence electrons. The molecule has 3 aromatic rings. The summed E-state index contributed by atoms with van der Waals surface area (Å²) < 4.78 is 23.8. The third-order valence-corrected chi connectivity index (χ3v) is 3.85. The third-order valence-electron chi connectivity index (χ3n) is 3.85. The van der Waals surface area contributed by atoms with Gasteiger partial charge in [-0.05, 0) is 29.8 Å². The summed E-state index contributed by atoms with van der Waals surface area (Å²) in [6.07, 6.45) is 0. The second-order valence-corrected chi connectivity index (χ2v) is 5.62. The fourth-order valence-corrected chi connectivity index (χ4v) is 2.57. The third kappa shape index (κ3) is 3.38. The topological polar surface area (TPSA) is 59.8 Å². The fraction of sp³-hybridized carbons (Fsp3) is 0.158. The number of hydrogen-bond acceptors (Lipinski definition) is 4. The Kier molecular flexibility index (Phi) is 4.52. The van der Waals surface area contributed by atoms with Crippen LogP contribution in [0.15, 0.2) is 57.7 Å². The van der Waals surface area contributed by atoms with E-state index in [-0.39, 0.29) is 17.9 Å². The summed E-state index contributed by atoms with van der Waals surface area (Å²) in [5.74, 6) is -0.866. The second kappa shape index (κ2) is 6.76. The van der Waals surface area contributed by atoms with Crippen LogP contribution in [-0.2, 0) is 6.54 Å².